The predicted octanol–water partition coefficient (Wildman–Crippen LogP) is 4.56. The summed E-state index contributed by atoms with van der Waals surface area (Å²) in [6.07, 6.45) is 9.76. The fourth-order valence-corrected chi connectivity index (χ4v) is 5.00. The zero-order chi connectivity index (χ0) is 10.9. The van der Waals surface area contributed by atoms with Crippen molar-refractivity contribution in [3.8, 4) is 0 Å². The van der Waals surface area contributed by atoms with Crippen molar-refractivity contribution < 1.29 is 0 Å². The van der Waals surface area contributed by atoms with Gasteiger partial charge in [-0.2, -0.15) is 0 Å². The average molecular weight is 204 g/mol. The molecule has 0 aromatic rings. The molecule has 0 heteroatoms. The van der Waals surface area contributed by atoms with Crippen LogP contribution in [0.1, 0.15) is 59.8 Å². The molecule has 0 nitrogen and oxygen atoms in total. The number of hydrogen-bond donors (Lipinski definition) is 0. The molecule has 3 aliphatic carbocycles. The maximum absolute atomic E-state index is 2.60. The first-order valence-electron chi connectivity index (χ1n) is 6.61. The Kier molecular flexibility index (Phi) is 1.67. The van der Waals surface area contributed by atoms with Crippen LogP contribution in [0.25, 0.3) is 0 Å². The maximum atomic E-state index is 2.60. The second-order valence-corrected chi connectivity index (χ2v) is 7.28. The van der Waals surface area contributed by atoms with E-state index in [1.54, 1.807) is 0 Å². The minimum absolute atomic E-state index is 0.510. The van der Waals surface area contributed by atoms with Gasteiger partial charge in [0.05, 0.1) is 0 Å². The van der Waals surface area contributed by atoms with Crippen molar-refractivity contribution in [3.05, 3.63) is 11.6 Å². The average Bonchev–Trinajstić information content (AvgIpc) is 2.63. The van der Waals surface area contributed by atoms with E-state index in [1.807, 2.05) is 5.57 Å². The number of hydrogen-bond acceptors (Lipinski definition) is 0. The SMILES string of the molecule is CC1(C)C2=CCCC(C)(C)[C@]23CC[C@@H]1C3. The van der Waals surface area contributed by atoms with Gasteiger partial charge in [-0.1, -0.05) is 39.3 Å². The zero-order valence-electron chi connectivity index (χ0n) is 10.7. The smallest absolute Gasteiger partial charge is 0.00284 e. The van der Waals surface area contributed by atoms with Gasteiger partial charge in [-0.05, 0) is 54.3 Å². The van der Waals surface area contributed by atoms with Crippen molar-refractivity contribution in [2.45, 2.75) is 59.8 Å². The third-order valence-corrected chi connectivity index (χ3v) is 6.16. The van der Waals surface area contributed by atoms with Gasteiger partial charge in [0.1, 0.15) is 0 Å². The molecule has 0 amide bonds. The van der Waals surface area contributed by atoms with Crippen molar-refractivity contribution in [1.29, 1.82) is 0 Å². The molecule has 84 valence electrons. The van der Waals surface area contributed by atoms with Gasteiger partial charge in [-0.15, -0.1) is 0 Å². The van der Waals surface area contributed by atoms with Gasteiger partial charge in [-0.3, -0.25) is 0 Å². The van der Waals surface area contributed by atoms with E-state index >= 15 is 0 Å². The van der Waals surface area contributed by atoms with Gasteiger partial charge in [0.25, 0.3) is 0 Å². The van der Waals surface area contributed by atoms with Gasteiger partial charge in [-0.25, -0.2) is 0 Å². The fraction of sp³-hybridized carbons (Fsp3) is 0.867. The zero-order valence-corrected chi connectivity index (χ0v) is 10.7. The third kappa shape index (κ3) is 0.946. The third-order valence-electron chi connectivity index (χ3n) is 6.16. The van der Waals surface area contributed by atoms with E-state index in [-0.39, 0.29) is 0 Å². The van der Waals surface area contributed by atoms with E-state index in [4.69, 9.17) is 0 Å². The molecule has 0 heterocycles. The summed E-state index contributed by atoms with van der Waals surface area (Å²) in [5.41, 5.74) is 3.50. The molecule has 0 aromatic heterocycles. The molecule has 15 heavy (non-hydrogen) atoms. The molecule has 3 aliphatic rings. The van der Waals surface area contributed by atoms with Gasteiger partial charge >= 0.3 is 0 Å². The van der Waals surface area contributed by atoms with Crippen LogP contribution in [0.4, 0.5) is 0 Å². The summed E-state index contributed by atoms with van der Waals surface area (Å²) in [5, 5.41) is 0. The summed E-state index contributed by atoms with van der Waals surface area (Å²) < 4.78 is 0. The van der Waals surface area contributed by atoms with E-state index in [9.17, 15) is 0 Å². The van der Waals surface area contributed by atoms with Crippen LogP contribution >= 0.6 is 0 Å². The molecule has 3 rings (SSSR count). The monoisotopic (exact) mass is 204 g/mol. The standard InChI is InChI=1S/C15H24/c1-13(2)8-5-6-12-14(3,4)11-7-9-15(12,13)10-11/h6,11H,5,7-10H2,1-4H3/t11-,15+/m1/s1. The van der Waals surface area contributed by atoms with Crippen molar-refractivity contribution in [2.75, 3.05) is 0 Å². The lowest BCUT2D eigenvalue weighted by Crippen LogP contribution is -2.41. The van der Waals surface area contributed by atoms with E-state index < -0.39 is 0 Å². The first kappa shape index (κ1) is 9.93. The Morgan fingerprint density at radius 1 is 1.13 bits per heavy atom. The molecular formula is C15H24. The topological polar surface area (TPSA) is 0 Å². The maximum Gasteiger partial charge on any atom is -0.00284 e. The Bertz CT molecular complexity index is 332. The minimum Gasteiger partial charge on any atom is -0.0842 e. The Balaban J connectivity index is 2.17. The van der Waals surface area contributed by atoms with E-state index in [2.05, 4.69) is 33.8 Å². The van der Waals surface area contributed by atoms with Gasteiger partial charge in [0.15, 0.2) is 0 Å². The molecular weight excluding hydrogens is 180 g/mol. The fourth-order valence-electron chi connectivity index (χ4n) is 5.00. The van der Waals surface area contributed by atoms with Crippen LogP contribution in [-0.2, 0) is 0 Å². The molecule has 0 aliphatic heterocycles. The highest BCUT2D eigenvalue weighted by Gasteiger charge is 2.63. The van der Waals surface area contributed by atoms with Crippen molar-refractivity contribution in [3.63, 3.8) is 0 Å². The second kappa shape index (κ2) is 2.52. The van der Waals surface area contributed by atoms with E-state index in [0.29, 0.717) is 16.2 Å². The van der Waals surface area contributed by atoms with Crippen molar-refractivity contribution in [1.82, 2.24) is 0 Å². The first-order valence-corrected chi connectivity index (χ1v) is 6.61. The Morgan fingerprint density at radius 2 is 1.87 bits per heavy atom. The summed E-state index contributed by atoms with van der Waals surface area (Å²) in [6, 6.07) is 0. The number of rotatable bonds is 0. The van der Waals surface area contributed by atoms with Crippen LogP contribution in [0.3, 0.4) is 0 Å². The van der Waals surface area contributed by atoms with Crippen molar-refractivity contribution >= 4 is 0 Å². The molecule has 0 aromatic carbocycles. The lowest BCUT2D eigenvalue weighted by molar-refractivity contribution is 0.0901. The molecule has 0 unspecified atom stereocenters. The van der Waals surface area contributed by atoms with E-state index in [0.717, 1.165) is 5.92 Å². The van der Waals surface area contributed by atoms with Crippen LogP contribution in [0, 0.1) is 22.2 Å². The summed E-state index contributed by atoms with van der Waals surface area (Å²) >= 11 is 0. The highest BCUT2D eigenvalue weighted by molar-refractivity contribution is 5.36. The Morgan fingerprint density at radius 3 is 2.53 bits per heavy atom. The molecule has 2 bridgehead atoms. The number of allylic oxidation sites excluding steroid dienone is 2. The second-order valence-electron chi connectivity index (χ2n) is 7.28. The van der Waals surface area contributed by atoms with E-state index in [1.165, 1.54) is 32.1 Å². The minimum atomic E-state index is 0.510. The van der Waals surface area contributed by atoms with Crippen molar-refractivity contribution in [2.24, 2.45) is 22.2 Å². The lowest BCUT2D eigenvalue weighted by Gasteiger charge is -2.51. The molecule has 2 fully saturated rings. The van der Waals surface area contributed by atoms with Crippen LogP contribution < -0.4 is 0 Å². The summed E-state index contributed by atoms with van der Waals surface area (Å²) in [6.45, 7) is 10.0. The summed E-state index contributed by atoms with van der Waals surface area (Å²) in [7, 11) is 0. The Labute approximate surface area is 94.1 Å². The molecule has 2 saturated carbocycles. The highest BCUT2D eigenvalue weighted by atomic mass is 14.7. The summed E-state index contributed by atoms with van der Waals surface area (Å²) in [4.78, 5) is 0. The molecule has 1 spiro atoms. The van der Waals surface area contributed by atoms with Crippen LogP contribution in [-0.4, -0.2) is 0 Å². The van der Waals surface area contributed by atoms with Gasteiger partial charge in [0, 0.05) is 0 Å². The van der Waals surface area contributed by atoms with Gasteiger partial charge in [0.2, 0.25) is 0 Å². The van der Waals surface area contributed by atoms with Crippen LogP contribution in [0.2, 0.25) is 0 Å². The largest absolute Gasteiger partial charge is 0.0842 e. The molecule has 2 atom stereocenters. The van der Waals surface area contributed by atoms with Crippen LogP contribution in [0.5, 0.6) is 0 Å². The lowest BCUT2D eigenvalue weighted by atomic mass is 9.54. The molecule has 0 N–H and O–H groups in total. The van der Waals surface area contributed by atoms with Crippen LogP contribution in [0.15, 0.2) is 11.6 Å². The highest BCUT2D eigenvalue weighted by Crippen LogP contribution is 2.73. The predicted molar refractivity (Wildman–Crippen MR) is 64.7 cm³/mol. The van der Waals surface area contributed by atoms with Gasteiger partial charge < -0.3 is 0 Å². The first-order chi connectivity index (χ1) is 6.90. The normalized spacial score (nSPS) is 45.1. The summed E-state index contributed by atoms with van der Waals surface area (Å²) in [5.74, 6) is 0.973. The Hall–Kier alpha value is -0.260. The quantitative estimate of drug-likeness (QED) is 0.507. The molecule has 0 saturated heterocycles. The molecule has 0 radical (unpaired) electrons. The number of fused-ring (bicyclic) bond motifs is 1.